The molecule has 0 N–H and O–H groups in total. The van der Waals surface area contributed by atoms with E-state index in [1.165, 1.54) is 6.42 Å². The zero-order valence-corrected chi connectivity index (χ0v) is 9.56. The van der Waals surface area contributed by atoms with E-state index in [2.05, 4.69) is 11.8 Å². The summed E-state index contributed by atoms with van der Waals surface area (Å²) in [4.78, 5) is 12.9. The largest absolute Gasteiger partial charge is 0.488 e. The lowest BCUT2D eigenvalue weighted by Gasteiger charge is -2.38. The highest BCUT2D eigenvalue weighted by Crippen LogP contribution is 2.18. The predicted molar refractivity (Wildman–Crippen MR) is 63.0 cm³/mol. The molecule has 0 aliphatic carbocycles. The third-order valence-electron chi connectivity index (χ3n) is 2.78. The molecule has 3 nitrogen and oxygen atoms in total. The lowest BCUT2D eigenvalue weighted by atomic mass is 10.1. The van der Waals surface area contributed by atoms with Gasteiger partial charge in [-0.15, -0.1) is 0 Å². The van der Waals surface area contributed by atoms with Crippen molar-refractivity contribution in [1.82, 2.24) is 4.90 Å². The second-order valence-corrected chi connectivity index (χ2v) is 4.19. The molecule has 1 saturated heterocycles. The predicted octanol–water partition coefficient (Wildman–Crippen LogP) is 1.97. The van der Waals surface area contributed by atoms with Gasteiger partial charge in [-0.25, -0.2) is 0 Å². The number of hydrogen-bond donors (Lipinski definition) is 0. The van der Waals surface area contributed by atoms with Crippen molar-refractivity contribution in [1.29, 1.82) is 0 Å². The molecule has 0 atom stereocenters. The molecule has 1 aromatic carbocycles. The van der Waals surface area contributed by atoms with E-state index in [-0.39, 0.29) is 0 Å². The highest BCUT2D eigenvalue weighted by Gasteiger charge is 2.27. The van der Waals surface area contributed by atoms with Gasteiger partial charge in [0.1, 0.15) is 18.1 Å². The third-order valence-corrected chi connectivity index (χ3v) is 2.78. The van der Waals surface area contributed by atoms with Crippen LogP contribution in [0.5, 0.6) is 5.75 Å². The first-order valence-electron chi connectivity index (χ1n) is 5.76. The normalized spacial score (nSPS) is 16.8. The van der Waals surface area contributed by atoms with E-state index in [1.807, 2.05) is 12.1 Å². The fourth-order valence-electron chi connectivity index (χ4n) is 1.91. The molecular weight excluding hydrogens is 202 g/mol. The fourth-order valence-corrected chi connectivity index (χ4v) is 1.91. The molecule has 0 radical (unpaired) electrons. The van der Waals surface area contributed by atoms with Gasteiger partial charge in [0.15, 0.2) is 0 Å². The summed E-state index contributed by atoms with van der Waals surface area (Å²) in [5.74, 6) is 0.853. The lowest BCUT2D eigenvalue weighted by Crippen LogP contribution is -2.53. The number of rotatable bonds is 5. The van der Waals surface area contributed by atoms with Gasteiger partial charge in [0.25, 0.3) is 0 Å². The average Bonchev–Trinajstić information content (AvgIpc) is 2.27. The Morgan fingerprint density at radius 2 is 2.06 bits per heavy atom. The maximum Gasteiger partial charge on any atom is 0.150 e. The first-order valence-corrected chi connectivity index (χ1v) is 5.76. The first-order chi connectivity index (χ1) is 7.81. The molecule has 16 heavy (non-hydrogen) atoms. The van der Waals surface area contributed by atoms with Gasteiger partial charge in [-0.3, -0.25) is 9.69 Å². The second kappa shape index (κ2) is 5.12. The Labute approximate surface area is 96.0 Å². The molecule has 0 aromatic heterocycles. The Morgan fingerprint density at radius 3 is 2.62 bits per heavy atom. The minimum absolute atomic E-state index is 0.314. The van der Waals surface area contributed by atoms with Crippen LogP contribution in [0.4, 0.5) is 0 Å². The molecule has 1 aliphatic heterocycles. The Kier molecular flexibility index (Phi) is 3.57. The van der Waals surface area contributed by atoms with Crippen LogP contribution in [0.1, 0.15) is 23.7 Å². The number of hydrogen-bond acceptors (Lipinski definition) is 3. The quantitative estimate of drug-likeness (QED) is 0.709. The van der Waals surface area contributed by atoms with Crippen LogP contribution in [0.25, 0.3) is 0 Å². The van der Waals surface area contributed by atoms with E-state index in [4.69, 9.17) is 4.74 Å². The van der Waals surface area contributed by atoms with E-state index in [9.17, 15) is 4.79 Å². The maximum absolute atomic E-state index is 10.5. The highest BCUT2D eigenvalue weighted by molar-refractivity contribution is 5.74. The monoisotopic (exact) mass is 219 g/mol. The fraction of sp³-hybridized carbons (Fsp3) is 0.462. The molecule has 1 aromatic rings. The number of likely N-dealkylation sites (tertiary alicyclic amines) is 1. The highest BCUT2D eigenvalue weighted by atomic mass is 16.5. The van der Waals surface area contributed by atoms with Gasteiger partial charge < -0.3 is 4.74 Å². The van der Waals surface area contributed by atoms with Crippen molar-refractivity contribution in [3.05, 3.63) is 29.8 Å². The third kappa shape index (κ3) is 2.61. The van der Waals surface area contributed by atoms with E-state index >= 15 is 0 Å². The van der Waals surface area contributed by atoms with Crippen LogP contribution in [0.3, 0.4) is 0 Å². The van der Waals surface area contributed by atoms with Crippen molar-refractivity contribution in [2.45, 2.75) is 19.4 Å². The van der Waals surface area contributed by atoms with Crippen LogP contribution in [0.15, 0.2) is 24.3 Å². The van der Waals surface area contributed by atoms with Gasteiger partial charge >= 0.3 is 0 Å². The van der Waals surface area contributed by atoms with E-state index in [0.717, 1.165) is 31.7 Å². The topological polar surface area (TPSA) is 29.5 Å². The van der Waals surface area contributed by atoms with Crippen molar-refractivity contribution in [2.75, 3.05) is 19.6 Å². The Hall–Kier alpha value is -1.35. The molecule has 3 heteroatoms. The maximum atomic E-state index is 10.5. The summed E-state index contributed by atoms with van der Waals surface area (Å²) in [7, 11) is 0. The number of carbonyl (C=O) groups excluding carboxylic acids is 1. The zero-order chi connectivity index (χ0) is 11.4. The van der Waals surface area contributed by atoms with E-state index in [1.54, 1.807) is 12.1 Å². The zero-order valence-electron chi connectivity index (χ0n) is 9.56. The van der Waals surface area contributed by atoms with Crippen molar-refractivity contribution in [3.63, 3.8) is 0 Å². The van der Waals surface area contributed by atoms with Crippen molar-refractivity contribution < 1.29 is 9.53 Å². The smallest absolute Gasteiger partial charge is 0.150 e. The van der Waals surface area contributed by atoms with Crippen LogP contribution < -0.4 is 4.74 Å². The summed E-state index contributed by atoms with van der Waals surface area (Å²) in [6.07, 6.45) is 2.35. The molecule has 0 saturated carbocycles. The summed E-state index contributed by atoms with van der Waals surface area (Å²) in [6.45, 7) is 5.38. The number of carbonyl (C=O) groups is 1. The second-order valence-electron chi connectivity index (χ2n) is 4.19. The van der Waals surface area contributed by atoms with Crippen LogP contribution >= 0.6 is 0 Å². The lowest BCUT2D eigenvalue weighted by molar-refractivity contribution is 0.0202. The molecule has 0 spiro atoms. The van der Waals surface area contributed by atoms with Crippen molar-refractivity contribution >= 4 is 6.29 Å². The molecule has 2 rings (SSSR count). The van der Waals surface area contributed by atoms with Gasteiger partial charge in [0, 0.05) is 18.7 Å². The SMILES string of the molecule is CCCN1CC(Oc2ccc(C=O)cc2)C1. The Balaban J connectivity index is 1.80. The number of nitrogens with zero attached hydrogens (tertiary/aromatic N) is 1. The standard InChI is InChI=1S/C13H17NO2/c1-2-7-14-8-13(9-14)16-12-5-3-11(10-15)4-6-12/h3-6,10,13H,2,7-9H2,1H3. The summed E-state index contributed by atoms with van der Waals surface area (Å²) in [5.41, 5.74) is 0.688. The molecule has 0 unspecified atom stereocenters. The molecule has 1 fully saturated rings. The van der Waals surface area contributed by atoms with Gasteiger partial charge in [0.2, 0.25) is 0 Å². The minimum atomic E-state index is 0.314. The number of ether oxygens (including phenoxy) is 1. The minimum Gasteiger partial charge on any atom is -0.488 e. The van der Waals surface area contributed by atoms with Crippen molar-refractivity contribution in [3.8, 4) is 5.75 Å². The Morgan fingerprint density at radius 1 is 1.38 bits per heavy atom. The van der Waals surface area contributed by atoms with Crippen LogP contribution in [0.2, 0.25) is 0 Å². The van der Waals surface area contributed by atoms with Crippen LogP contribution in [0, 0.1) is 0 Å². The van der Waals surface area contributed by atoms with Gasteiger partial charge in [-0.2, -0.15) is 0 Å². The summed E-state index contributed by atoms with van der Waals surface area (Å²) in [5, 5.41) is 0. The molecular formula is C13H17NO2. The molecule has 0 bridgehead atoms. The van der Waals surface area contributed by atoms with Gasteiger partial charge in [-0.05, 0) is 37.2 Å². The molecule has 1 heterocycles. The Bertz CT molecular complexity index is 341. The number of aldehydes is 1. The summed E-state index contributed by atoms with van der Waals surface area (Å²) >= 11 is 0. The van der Waals surface area contributed by atoms with Crippen molar-refractivity contribution in [2.24, 2.45) is 0 Å². The molecule has 86 valence electrons. The molecule has 0 amide bonds. The van der Waals surface area contributed by atoms with Crippen LogP contribution in [-0.2, 0) is 0 Å². The summed E-state index contributed by atoms with van der Waals surface area (Å²) < 4.78 is 5.77. The molecule has 1 aliphatic rings. The average molecular weight is 219 g/mol. The first kappa shape index (κ1) is 11.1. The van der Waals surface area contributed by atoms with Gasteiger partial charge in [0.05, 0.1) is 0 Å². The van der Waals surface area contributed by atoms with E-state index < -0.39 is 0 Å². The summed E-state index contributed by atoms with van der Waals surface area (Å²) in [6, 6.07) is 7.27. The van der Waals surface area contributed by atoms with E-state index in [0.29, 0.717) is 11.7 Å². The van der Waals surface area contributed by atoms with Crippen LogP contribution in [-0.4, -0.2) is 36.9 Å². The number of benzene rings is 1. The van der Waals surface area contributed by atoms with Gasteiger partial charge in [-0.1, -0.05) is 6.92 Å².